The van der Waals surface area contributed by atoms with Crippen molar-refractivity contribution in [2.24, 2.45) is 0 Å². The van der Waals surface area contributed by atoms with Gasteiger partial charge in [0.15, 0.2) is 9.84 Å². The molecule has 0 saturated carbocycles. The molecule has 4 atom stereocenters. The fourth-order valence-corrected chi connectivity index (χ4v) is 7.65. The van der Waals surface area contributed by atoms with Crippen LogP contribution in [0.4, 0.5) is 0 Å². The van der Waals surface area contributed by atoms with Crippen LogP contribution in [0.25, 0.3) is 10.8 Å². The summed E-state index contributed by atoms with van der Waals surface area (Å²) in [5.74, 6) is 0.729. The Morgan fingerprint density at radius 1 is 0.941 bits per heavy atom. The molecule has 2 saturated heterocycles. The maximum atomic E-state index is 13.7. The number of unbranched alkanes of at least 4 members (excludes halogenated alkanes) is 2. The van der Waals surface area contributed by atoms with E-state index in [4.69, 9.17) is 4.74 Å². The van der Waals surface area contributed by atoms with Crippen molar-refractivity contribution < 1.29 is 13.2 Å². The number of benzene rings is 3. The summed E-state index contributed by atoms with van der Waals surface area (Å²) in [5.41, 5.74) is 1.17. The van der Waals surface area contributed by atoms with Crippen LogP contribution < -0.4 is 15.4 Å². The highest BCUT2D eigenvalue weighted by atomic mass is 32.2. The van der Waals surface area contributed by atoms with Crippen LogP contribution in [0.5, 0.6) is 5.75 Å². The van der Waals surface area contributed by atoms with Crippen LogP contribution in [0, 0.1) is 0 Å². The Kier molecular flexibility index (Phi) is 6.91. The minimum Gasteiger partial charge on any atom is -0.494 e. The molecule has 3 aromatic carbocycles. The molecule has 2 aliphatic heterocycles. The Morgan fingerprint density at radius 3 is 2.50 bits per heavy atom. The molecule has 0 amide bonds. The van der Waals surface area contributed by atoms with Gasteiger partial charge in [-0.3, -0.25) is 0 Å². The van der Waals surface area contributed by atoms with E-state index in [1.807, 2.05) is 12.1 Å². The molecule has 5 rings (SSSR count). The molecule has 2 bridgehead atoms. The van der Waals surface area contributed by atoms with Crippen LogP contribution in [0.3, 0.4) is 0 Å². The van der Waals surface area contributed by atoms with Crippen LogP contribution in [-0.2, 0) is 16.4 Å². The van der Waals surface area contributed by atoms with Gasteiger partial charge in [-0.15, -0.1) is 0 Å². The van der Waals surface area contributed by atoms with Gasteiger partial charge in [-0.05, 0) is 65.9 Å². The van der Waals surface area contributed by atoms with Gasteiger partial charge in [-0.2, -0.15) is 0 Å². The highest BCUT2D eigenvalue weighted by Crippen LogP contribution is 2.36. The van der Waals surface area contributed by atoms with E-state index in [0.717, 1.165) is 37.9 Å². The molecule has 180 valence electrons. The van der Waals surface area contributed by atoms with E-state index in [1.54, 1.807) is 24.3 Å². The van der Waals surface area contributed by atoms with Crippen molar-refractivity contribution in [2.45, 2.75) is 73.8 Å². The van der Waals surface area contributed by atoms with Gasteiger partial charge in [0.2, 0.25) is 0 Å². The zero-order valence-electron chi connectivity index (χ0n) is 19.7. The first-order chi connectivity index (χ1) is 16.6. The summed E-state index contributed by atoms with van der Waals surface area (Å²) in [6.07, 6.45) is 5.21. The maximum Gasteiger partial charge on any atom is 0.184 e. The molecule has 0 radical (unpaired) electrons. The van der Waals surface area contributed by atoms with Crippen LogP contribution >= 0.6 is 0 Å². The summed E-state index contributed by atoms with van der Waals surface area (Å²) in [7, 11) is -3.48. The van der Waals surface area contributed by atoms with Crippen molar-refractivity contribution in [3.05, 3.63) is 72.3 Å². The van der Waals surface area contributed by atoms with E-state index in [-0.39, 0.29) is 18.1 Å². The number of hydrogen-bond acceptors (Lipinski definition) is 5. The van der Waals surface area contributed by atoms with E-state index in [2.05, 4.69) is 47.9 Å². The predicted octanol–water partition coefficient (Wildman–Crippen LogP) is 4.84. The summed E-state index contributed by atoms with van der Waals surface area (Å²) >= 11 is 0. The third kappa shape index (κ3) is 4.72. The Morgan fingerprint density at radius 2 is 1.71 bits per heavy atom. The first-order valence-corrected chi connectivity index (χ1v) is 14.0. The summed E-state index contributed by atoms with van der Waals surface area (Å²) < 4.78 is 33.2. The molecule has 0 aliphatic carbocycles. The largest absolute Gasteiger partial charge is 0.494 e. The van der Waals surface area contributed by atoms with Crippen molar-refractivity contribution in [1.82, 2.24) is 10.6 Å². The van der Waals surface area contributed by atoms with Crippen molar-refractivity contribution in [3.8, 4) is 5.75 Å². The molecular weight excluding hydrogens is 444 g/mol. The fraction of sp³-hybridized carbons (Fsp3) is 0.429. The lowest BCUT2D eigenvalue weighted by Crippen LogP contribution is -2.50. The summed E-state index contributed by atoms with van der Waals surface area (Å²) in [5, 5.41) is 9.11. The monoisotopic (exact) mass is 478 g/mol. The minimum atomic E-state index is -3.48. The zero-order valence-corrected chi connectivity index (χ0v) is 20.6. The minimum absolute atomic E-state index is 0.00549. The van der Waals surface area contributed by atoms with Crippen molar-refractivity contribution in [2.75, 3.05) is 6.61 Å². The molecule has 34 heavy (non-hydrogen) atoms. The Labute approximate surface area is 202 Å². The van der Waals surface area contributed by atoms with Gasteiger partial charge >= 0.3 is 0 Å². The van der Waals surface area contributed by atoms with E-state index >= 15 is 0 Å². The smallest absolute Gasteiger partial charge is 0.184 e. The lowest BCUT2D eigenvalue weighted by atomic mass is 9.94. The predicted molar refractivity (Wildman–Crippen MR) is 137 cm³/mol. The molecule has 0 unspecified atom stereocenters. The number of hydrogen-bond donors (Lipinski definition) is 2. The molecule has 5 nitrogen and oxygen atoms in total. The molecular formula is C28H34N2O3S. The van der Waals surface area contributed by atoms with Gasteiger partial charge in [-0.25, -0.2) is 8.42 Å². The van der Waals surface area contributed by atoms with E-state index in [1.165, 1.54) is 16.3 Å². The third-order valence-corrected chi connectivity index (χ3v) is 9.55. The number of fused-ring (bicyclic) bond motifs is 3. The van der Waals surface area contributed by atoms with Gasteiger partial charge < -0.3 is 15.4 Å². The number of nitrogens with one attached hydrogen (secondary N) is 2. The topological polar surface area (TPSA) is 67.4 Å². The standard InChI is InChI=1S/C28H34N2O3S/c1-2-3-6-17-33-23-11-13-24(14-12-23)34(31,32)28-26-16-15-25(30-26)27(28)29-19-20-9-10-21-7-4-5-8-22(21)18-20/h4-5,7-14,18,25-30H,2-3,6,15-17,19H2,1H3/t25-,26+,27-,28-/m1/s1. The Hall–Kier alpha value is -2.41. The summed E-state index contributed by atoms with van der Waals surface area (Å²) in [6, 6.07) is 21.8. The van der Waals surface area contributed by atoms with Crippen LogP contribution in [0.2, 0.25) is 0 Å². The third-order valence-electron chi connectivity index (χ3n) is 7.28. The molecule has 6 heteroatoms. The summed E-state index contributed by atoms with van der Waals surface area (Å²) in [4.78, 5) is 0.380. The molecule has 3 aromatic rings. The highest BCUT2D eigenvalue weighted by molar-refractivity contribution is 7.92. The van der Waals surface area contributed by atoms with E-state index < -0.39 is 15.1 Å². The van der Waals surface area contributed by atoms with Crippen LogP contribution in [-0.4, -0.2) is 38.4 Å². The maximum absolute atomic E-state index is 13.7. The molecule has 2 fully saturated rings. The normalized spacial score (nSPS) is 24.0. The van der Waals surface area contributed by atoms with Gasteiger partial charge in [0.25, 0.3) is 0 Å². The lowest BCUT2D eigenvalue weighted by molar-refractivity contribution is 0.306. The Bertz CT molecular complexity index is 1230. The van der Waals surface area contributed by atoms with Crippen molar-refractivity contribution in [3.63, 3.8) is 0 Å². The van der Waals surface area contributed by atoms with Gasteiger partial charge in [0.1, 0.15) is 5.75 Å². The average Bonchev–Trinajstić information content (AvgIpc) is 3.48. The quantitative estimate of drug-likeness (QED) is 0.408. The second-order valence-corrected chi connectivity index (χ2v) is 11.7. The number of rotatable bonds is 10. The van der Waals surface area contributed by atoms with Gasteiger partial charge in [0.05, 0.1) is 16.8 Å². The fourth-order valence-electron chi connectivity index (χ4n) is 5.50. The number of ether oxygens (including phenoxy) is 1. The van der Waals surface area contributed by atoms with Gasteiger partial charge in [-0.1, -0.05) is 56.2 Å². The molecule has 0 spiro atoms. The second kappa shape index (κ2) is 10.1. The van der Waals surface area contributed by atoms with E-state index in [0.29, 0.717) is 18.0 Å². The average molecular weight is 479 g/mol. The molecule has 2 aliphatic rings. The highest BCUT2D eigenvalue weighted by Gasteiger charge is 2.53. The number of sulfone groups is 1. The van der Waals surface area contributed by atoms with Crippen molar-refractivity contribution >= 4 is 20.6 Å². The summed E-state index contributed by atoms with van der Waals surface area (Å²) in [6.45, 7) is 3.47. The molecule has 2 heterocycles. The molecule has 2 N–H and O–H groups in total. The zero-order chi connectivity index (χ0) is 23.5. The van der Waals surface area contributed by atoms with Crippen molar-refractivity contribution in [1.29, 1.82) is 0 Å². The first-order valence-electron chi connectivity index (χ1n) is 12.5. The first kappa shape index (κ1) is 23.3. The SMILES string of the molecule is CCCCCOc1ccc(S(=O)(=O)[C@H]2[C@H](NCc3ccc4ccccc4c3)[C@H]3CC[C@@H]2N3)cc1. The molecule has 0 aromatic heterocycles. The van der Waals surface area contributed by atoms with E-state index in [9.17, 15) is 8.42 Å². The van der Waals surface area contributed by atoms with Crippen LogP contribution in [0.1, 0.15) is 44.6 Å². The lowest BCUT2D eigenvalue weighted by Gasteiger charge is -2.30. The second-order valence-electron chi connectivity index (χ2n) is 9.58. The van der Waals surface area contributed by atoms with Gasteiger partial charge in [0, 0.05) is 24.7 Å². The Balaban J connectivity index is 1.30. The van der Waals surface area contributed by atoms with Crippen LogP contribution in [0.15, 0.2) is 71.6 Å².